The number of carbonyl (C=O) groups is 2. The first-order valence-electron chi connectivity index (χ1n) is 11.9. The minimum Gasteiger partial charge on any atom is -0.497 e. The van der Waals surface area contributed by atoms with Crippen LogP contribution in [0.1, 0.15) is 30.9 Å². The van der Waals surface area contributed by atoms with Crippen LogP contribution in [0.4, 0.5) is 5.69 Å². The Morgan fingerprint density at radius 1 is 1.03 bits per heavy atom. The summed E-state index contributed by atoms with van der Waals surface area (Å²) in [4.78, 5) is 42.9. The van der Waals surface area contributed by atoms with Crippen molar-refractivity contribution in [3.05, 3.63) is 58.5 Å². The van der Waals surface area contributed by atoms with Gasteiger partial charge in [-0.2, -0.15) is 0 Å². The predicted octanol–water partition coefficient (Wildman–Crippen LogP) is 2.06. The fourth-order valence-corrected chi connectivity index (χ4v) is 5.21. The molecule has 0 radical (unpaired) electrons. The van der Waals surface area contributed by atoms with Crippen molar-refractivity contribution >= 4 is 28.5 Å². The summed E-state index contributed by atoms with van der Waals surface area (Å²) in [5, 5.41) is 9.47. The number of aromatic nitrogens is 2. The molecule has 1 unspecified atom stereocenters. The molecule has 9 nitrogen and oxygen atoms in total. The van der Waals surface area contributed by atoms with Crippen LogP contribution in [0.15, 0.2) is 47.3 Å². The number of likely N-dealkylation sites (tertiary alicyclic amines) is 1. The van der Waals surface area contributed by atoms with Gasteiger partial charge in [-0.25, -0.2) is 4.79 Å². The average Bonchev–Trinajstić information content (AvgIpc) is 3.45. The zero-order valence-corrected chi connectivity index (χ0v) is 20.0. The molecule has 184 valence electrons. The second kappa shape index (κ2) is 9.22. The molecule has 1 aromatic heterocycles. The van der Waals surface area contributed by atoms with Crippen LogP contribution in [0, 0.1) is 5.92 Å². The highest BCUT2D eigenvalue weighted by atomic mass is 16.5. The number of hydrogen-bond acceptors (Lipinski definition) is 6. The number of aliphatic hydroxyl groups is 1. The molecule has 2 saturated heterocycles. The molecule has 2 atom stereocenters. The van der Waals surface area contributed by atoms with Crippen molar-refractivity contribution in [2.75, 3.05) is 31.7 Å². The summed E-state index contributed by atoms with van der Waals surface area (Å²) in [7, 11) is 3.29. The smallest absolute Gasteiger partial charge is 0.329 e. The average molecular weight is 479 g/mol. The minimum atomic E-state index is -0.737. The van der Waals surface area contributed by atoms with Crippen LogP contribution in [0.25, 0.3) is 11.0 Å². The number of rotatable bonds is 6. The summed E-state index contributed by atoms with van der Waals surface area (Å²) < 4.78 is 8.29. The van der Waals surface area contributed by atoms with Crippen molar-refractivity contribution in [3.8, 4) is 5.75 Å². The molecular weight excluding hydrogens is 448 g/mol. The fourth-order valence-electron chi connectivity index (χ4n) is 5.21. The number of imide groups is 1. The molecule has 2 aromatic carbocycles. The topological polar surface area (TPSA) is 97.0 Å². The van der Waals surface area contributed by atoms with Crippen molar-refractivity contribution in [1.29, 1.82) is 0 Å². The lowest BCUT2D eigenvalue weighted by molar-refractivity contribution is -0.151. The molecule has 35 heavy (non-hydrogen) atoms. The molecule has 1 N–H and O–H groups in total. The number of carbonyl (C=O) groups excluding carboxylic acids is 2. The van der Waals surface area contributed by atoms with Gasteiger partial charge in [-0.3, -0.25) is 23.6 Å². The third kappa shape index (κ3) is 4.10. The van der Waals surface area contributed by atoms with E-state index in [2.05, 4.69) is 4.90 Å². The van der Waals surface area contributed by atoms with Crippen molar-refractivity contribution < 1.29 is 19.4 Å². The Labute approximate surface area is 203 Å². The van der Waals surface area contributed by atoms with E-state index < -0.39 is 6.04 Å². The predicted molar refractivity (Wildman–Crippen MR) is 131 cm³/mol. The number of aliphatic hydroxyl groups excluding tert-OH is 1. The lowest BCUT2D eigenvalue weighted by Crippen LogP contribution is -2.47. The molecule has 2 aliphatic rings. The van der Waals surface area contributed by atoms with Gasteiger partial charge in [0, 0.05) is 44.8 Å². The number of ether oxygens (including phenoxy) is 1. The molecule has 2 aliphatic heterocycles. The summed E-state index contributed by atoms with van der Waals surface area (Å²) in [6, 6.07) is 12.3. The van der Waals surface area contributed by atoms with Gasteiger partial charge in [-0.15, -0.1) is 0 Å². The number of methoxy groups -OCH3 is 1. The normalized spacial score (nSPS) is 20.8. The van der Waals surface area contributed by atoms with Crippen molar-refractivity contribution in [1.82, 2.24) is 14.0 Å². The molecule has 2 fully saturated rings. The first-order valence-corrected chi connectivity index (χ1v) is 11.9. The van der Waals surface area contributed by atoms with Gasteiger partial charge in [0.1, 0.15) is 11.8 Å². The first-order chi connectivity index (χ1) is 16.9. The van der Waals surface area contributed by atoms with E-state index >= 15 is 0 Å². The highest BCUT2D eigenvalue weighted by molar-refractivity contribution is 6.00. The molecule has 2 amide bonds. The molecular formula is C26H30N4O5. The van der Waals surface area contributed by atoms with E-state index in [0.29, 0.717) is 17.7 Å². The fraction of sp³-hybridized carbons (Fsp3) is 0.423. The Bertz CT molecular complexity index is 1330. The number of hydrogen-bond donors (Lipinski definition) is 1. The standard InChI is InChI=1S/C26H30N4O5/c1-27-23-13-19(28-12-11-18(14-28)16-31)5-8-21(23)30(26(27)34)22-9-10-24(32)29(25(22)33)15-17-3-6-20(35-2)7-4-17/h3-8,13,18,22,31H,9-12,14-16H2,1-2H3/t18-,22?/m0/s1. The molecule has 0 bridgehead atoms. The zero-order valence-electron chi connectivity index (χ0n) is 20.0. The summed E-state index contributed by atoms with van der Waals surface area (Å²) in [5.41, 5.74) is 2.95. The molecule has 3 aromatic rings. The lowest BCUT2D eigenvalue weighted by Gasteiger charge is -2.31. The van der Waals surface area contributed by atoms with Gasteiger partial charge >= 0.3 is 5.69 Å². The number of imidazole rings is 1. The van der Waals surface area contributed by atoms with Crippen molar-refractivity contribution in [2.24, 2.45) is 13.0 Å². The number of nitrogens with zero attached hydrogens (tertiary/aromatic N) is 4. The number of piperidine rings is 1. The maximum absolute atomic E-state index is 13.5. The van der Waals surface area contributed by atoms with Crippen LogP contribution in [0.2, 0.25) is 0 Å². The van der Waals surface area contributed by atoms with E-state index in [0.717, 1.165) is 36.3 Å². The van der Waals surface area contributed by atoms with Crippen LogP contribution >= 0.6 is 0 Å². The summed E-state index contributed by atoms with van der Waals surface area (Å²) in [6.45, 7) is 1.96. The largest absolute Gasteiger partial charge is 0.497 e. The van der Waals surface area contributed by atoms with Gasteiger partial charge < -0.3 is 14.7 Å². The van der Waals surface area contributed by atoms with E-state index in [9.17, 15) is 19.5 Å². The molecule has 9 heteroatoms. The monoisotopic (exact) mass is 478 g/mol. The highest BCUT2D eigenvalue weighted by Gasteiger charge is 2.37. The van der Waals surface area contributed by atoms with Gasteiger partial charge in [0.25, 0.3) is 5.91 Å². The van der Waals surface area contributed by atoms with Gasteiger partial charge in [0.2, 0.25) is 5.91 Å². The third-order valence-electron chi connectivity index (χ3n) is 7.28. The Kier molecular flexibility index (Phi) is 6.10. The van der Waals surface area contributed by atoms with E-state index in [4.69, 9.17) is 4.74 Å². The minimum absolute atomic E-state index is 0.156. The molecule has 0 spiro atoms. The molecule has 3 heterocycles. The molecule has 0 aliphatic carbocycles. The Hall–Kier alpha value is -3.59. The van der Waals surface area contributed by atoms with Crippen LogP contribution in [-0.2, 0) is 23.2 Å². The van der Waals surface area contributed by atoms with Crippen molar-refractivity contribution in [2.45, 2.75) is 31.8 Å². The number of aryl methyl sites for hydroxylation is 1. The quantitative estimate of drug-likeness (QED) is 0.545. The van der Waals surface area contributed by atoms with Crippen LogP contribution < -0.4 is 15.3 Å². The summed E-state index contributed by atoms with van der Waals surface area (Å²) >= 11 is 0. The first kappa shape index (κ1) is 23.2. The van der Waals surface area contributed by atoms with Crippen molar-refractivity contribution in [3.63, 3.8) is 0 Å². The van der Waals surface area contributed by atoms with Crippen LogP contribution in [0.3, 0.4) is 0 Å². The van der Waals surface area contributed by atoms with E-state index in [1.54, 1.807) is 30.9 Å². The third-order valence-corrected chi connectivity index (χ3v) is 7.28. The number of amides is 2. The summed E-state index contributed by atoms with van der Waals surface area (Å²) in [6.07, 6.45) is 1.43. The zero-order chi connectivity index (χ0) is 24.7. The van der Waals surface area contributed by atoms with Crippen LogP contribution in [-0.4, -0.2) is 57.8 Å². The maximum atomic E-state index is 13.5. The van der Waals surface area contributed by atoms with Gasteiger partial charge in [-0.1, -0.05) is 12.1 Å². The second-order valence-electron chi connectivity index (χ2n) is 9.39. The van der Waals surface area contributed by atoms with Gasteiger partial charge in [0.15, 0.2) is 0 Å². The Balaban J connectivity index is 1.45. The SMILES string of the molecule is COc1ccc(CN2C(=O)CCC(n3c(=O)n(C)c4cc(N5CC[C@H](CO)C5)ccc43)C2=O)cc1. The Morgan fingerprint density at radius 2 is 1.80 bits per heavy atom. The second-order valence-corrected chi connectivity index (χ2v) is 9.39. The highest BCUT2D eigenvalue weighted by Crippen LogP contribution is 2.31. The Morgan fingerprint density at radius 3 is 2.49 bits per heavy atom. The van der Waals surface area contributed by atoms with E-state index in [1.807, 2.05) is 30.3 Å². The lowest BCUT2D eigenvalue weighted by atomic mass is 10.0. The molecule has 5 rings (SSSR count). The summed E-state index contributed by atoms with van der Waals surface area (Å²) in [5.74, 6) is 0.366. The number of fused-ring (bicyclic) bond motifs is 1. The number of benzene rings is 2. The van der Waals surface area contributed by atoms with Gasteiger partial charge in [0.05, 0.1) is 24.7 Å². The number of anilines is 1. The molecule has 0 saturated carbocycles. The van der Waals surface area contributed by atoms with E-state index in [1.165, 1.54) is 9.47 Å². The van der Waals surface area contributed by atoms with Gasteiger partial charge in [-0.05, 0) is 48.7 Å². The van der Waals surface area contributed by atoms with Crippen LogP contribution in [0.5, 0.6) is 5.75 Å². The van der Waals surface area contributed by atoms with E-state index in [-0.39, 0.29) is 43.0 Å². The maximum Gasteiger partial charge on any atom is 0.329 e.